The van der Waals surface area contributed by atoms with Gasteiger partial charge in [0.15, 0.2) is 6.61 Å². The van der Waals surface area contributed by atoms with Gasteiger partial charge in [-0.05, 0) is 43.5 Å². The molecule has 0 aliphatic heterocycles. The van der Waals surface area contributed by atoms with E-state index in [-0.39, 0.29) is 23.3 Å². The number of ether oxygens (including phenoxy) is 2. The Kier molecular flexibility index (Phi) is 9.48. The molecule has 25 heavy (non-hydrogen) atoms. The van der Waals surface area contributed by atoms with Crippen LogP contribution in [0.1, 0.15) is 27.2 Å². The molecule has 0 radical (unpaired) electrons. The number of nitrogens with one attached hydrogen (secondary N) is 2. The lowest BCUT2D eigenvalue weighted by molar-refractivity contribution is -0.123. The number of carbonyl (C=O) groups is 1. The van der Waals surface area contributed by atoms with Gasteiger partial charge in [-0.1, -0.05) is 13.8 Å². The highest BCUT2D eigenvalue weighted by Crippen LogP contribution is 2.16. The van der Waals surface area contributed by atoms with E-state index in [0.717, 1.165) is 6.42 Å². The first kappa shape index (κ1) is 21.4. The highest BCUT2D eigenvalue weighted by Gasteiger charge is 2.14. The fourth-order valence-corrected chi connectivity index (χ4v) is 3.03. The summed E-state index contributed by atoms with van der Waals surface area (Å²) in [5.74, 6) is 0.434. The molecular weight excluding hydrogens is 344 g/mol. The Labute approximate surface area is 150 Å². The Morgan fingerprint density at radius 1 is 1.20 bits per heavy atom. The van der Waals surface area contributed by atoms with Crippen molar-refractivity contribution >= 4 is 15.9 Å². The molecule has 0 saturated heterocycles. The summed E-state index contributed by atoms with van der Waals surface area (Å²) in [4.78, 5) is 11.8. The van der Waals surface area contributed by atoms with Gasteiger partial charge in [-0.2, -0.15) is 0 Å². The largest absolute Gasteiger partial charge is 0.484 e. The van der Waals surface area contributed by atoms with Gasteiger partial charge >= 0.3 is 0 Å². The van der Waals surface area contributed by atoms with Crippen molar-refractivity contribution in [3.8, 4) is 5.75 Å². The lowest BCUT2D eigenvalue weighted by Gasteiger charge is -2.10. The molecule has 142 valence electrons. The minimum atomic E-state index is -3.52. The van der Waals surface area contributed by atoms with Gasteiger partial charge in [-0.15, -0.1) is 0 Å². The summed E-state index contributed by atoms with van der Waals surface area (Å²) in [6.45, 7) is 7.84. The van der Waals surface area contributed by atoms with E-state index >= 15 is 0 Å². The first-order chi connectivity index (χ1) is 11.8. The monoisotopic (exact) mass is 372 g/mol. The van der Waals surface area contributed by atoms with Crippen molar-refractivity contribution < 1.29 is 22.7 Å². The summed E-state index contributed by atoms with van der Waals surface area (Å²) < 4.78 is 37.2. The van der Waals surface area contributed by atoms with Crippen LogP contribution in [0.5, 0.6) is 5.75 Å². The SMILES string of the molecule is CCOCCCNC(=O)COc1ccc(S(=O)(=O)NCC(C)C)cc1. The molecule has 2 N–H and O–H groups in total. The average Bonchev–Trinajstić information content (AvgIpc) is 2.58. The van der Waals surface area contributed by atoms with Crippen LogP contribution < -0.4 is 14.8 Å². The predicted octanol–water partition coefficient (Wildman–Crippen LogP) is 1.54. The van der Waals surface area contributed by atoms with Crippen molar-refractivity contribution in [1.82, 2.24) is 10.0 Å². The van der Waals surface area contributed by atoms with E-state index in [1.165, 1.54) is 24.3 Å². The Hall–Kier alpha value is -1.64. The molecule has 0 fully saturated rings. The second-order valence-electron chi connectivity index (χ2n) is 5.91. The normalized spacial score (nSPS) is 11.5. The van der Waals surface area contributed by atoms with Crippen molar-refractivity contribution in [3.05, 3.63) is 24.3 Å². The van der Waals surface area contributed by atoms with E-state index < -0.39 is 10.0 Å². The number of sulfonamides is 1. The van der Waals surface area contributed by atoms with E-state index in [0.29, 0.717) is 32.1 Å². The first-order valence-electron chi connectivity index (χ1n) is 8.42. The molecular formula is C17H28N2O5S. The molecule has 0 aromatic heterocycles. The fraction of sp³-hybridized carbons (Fsp3) is 0.588. The zero-order chi connectivity index (χ0) is 18.7. The van der Waals surface area contributed by atoms with Crippen LogP contribution in [-0.4, -0.2) is 47.2 Å². The number of rotatable bonds is 12. The maximum atomic E-state index is 12.1. The standard InChI is InChI=1S/C17H28N2O5S/c1-4-23-11-5-10-18-17(20)13-24-15-6-8-16(9-7-15)25(21,22)19-12-14(2)3/h6-9,14,19H,4-5,10-13H2,1-3H3,(H,18,20). The molecule has 0 atom stereocenters. The number of amides is 1. The highest BCUT2D eigenvalue weighted by molar-refractivity contribution is 7.89. The molecule has 1 aromatic carbocycles. The summed E-state index contributed by atoms with van der Waals surface area (Å²) in [6.07, 6.45) is 0.746. The minimum Gasteiger partial charge on any atom is -0.484 e. The third-order valence-electron chi connectivity index (χ3n) is 3.18. The topological polar surface area (TPSA) is 93.7 Å². The summed E-state index contributed by atoms with van der Waals surface area (Å²) in [5.41, 5.74) is 0. The average molecular weight is 372 g/mol. The Morgan fingerprint density at radius 3 is 2.48 bits per heavy atom. The maximum absolute atomic E-state index is 12.1. The van der Waals surface area contributed by atoms with E-state index in [9.17, 15) is 13.2 Å². The lowest BCUT2D eigenvalue weighted by Crippen LogP contribution is -2.30. The van der Waals surface area contributed by atoms with E-state index in [2.05, 4.69) is 10.0 Å². The Bertz CT molecular complexity index is 614. The molecule has 0 heterocycles. The zero-order valence-corrected chi connectivity index (χ0v) is 15.9. The van der Waals surface area contributed by atoms with Gasteiger partial charge in [-0.25, -0.2) is 13.1 Å². The van der Waals surface area contributed by atoms with E-state index in [1.807, 2.05) is 20.8 Å². The molecule has 0 aliphatic rings. The van der Waals surface area contributed by atoms with Crippen LogP contribution in [0.2, 0.25) is 0 Å². The summed E-state index contributed by atoms with van der Waals surface area (Å²) in [5, 5.41) is 2.72. The molecule has 1 amide bonds. The van der Waals surface area contributed by atoms with Gasteiger partial charge in [0.05, 0.1) is 4.90 Å². The Balaban J connectivity index is 2.40. The third-order valence-corrected chi connectivity index (χ3v) is 4.62. The van der Waals surface area contributed by atoms with Gasteiger partial charge in [0.1, 0.15) is 5.75 Å². The molecule has 0 saturated carbocycles. The fourth-order valence-electron chi connectivity index (χ4n) is 1.82. The summed E-state index contributed by atoms with van der Waals surface area (Å²) in [6, 6.07) is 5.98. The van der Waals surface area contributed by atoms with Crippen molar-refractivity contribution in [2.24, 2.45) is 5.92 Å². The molecule has 1 rings (SSSR count). The lowest BCUT2D eigenvalue weighted by atomic mass is 10.2. The smallest absolute Gasteiger partial charge is 0.257 e. The van der Waals surface area contributed by atoms with Crippen molar-refractivity contribution in [2.75, 3.05) is 32.9 Å². The third kappa shape index (κ3) is 8.85. The van der Waals surface area contributed by atoms with Crippen LogP contribution in [0, 0.1) is 5.92 Å². The van der Waals surface area contributed by atoms with Crippen LogP contribution in [0.3, 0.4) is 0 Å². The molecule has 0 bridgehead atoms. The van der Waals surface area contributed by atoms with Crippen molar-refractivity contribution in [3.63, 3.8) is 0 Å². The van der Waals surface area contributed by atoms with Gasteiger partial charge in [0.25, 0.3) is 5.91 Å². The number of benzene rings is 1. The van der Waals surface area contributed by atoms with Gasteiger partial charge in [0, 0.05) is 26.3 Å². The maximum Gasteiger partial charge on any atom is 0.257 e. The van der Waals surface area contributed by atoms with Gasteiger partial charge in [-0.3, -0.25) is 4.79 Å². The van der Waals surface area contributed by atoms with Crippen LogP contribution in [0.4, 0.5) is 0 Å². The molecule has 8 heteroatoms. The van der Waals surface area contributed by atoms with Crippen LogP contribution in [0.25, 0.3) is 0 Å². The van der Waals surface area contributed by atoms with Crippen molar-refractivity contribution in [2.45, 2.75) is 32.1 Å². The second kappa shape index (κ2) is 11.1. The van der Waals surface area contributed by atoms with E-state index in [4.69, 9.17) is 9.47 Å². The summed E-state index contributed by atoms with van der Waals surface area (Å²) >= 11 is 0. The van der Waals surface area contributed by atoms with Gasteiger partial charge in [0.2, 0.25) is 10.0 Å². The van der Waals surface area contributed by atoms with Crippen LogP contribution in [-0.2, 0) is 19.6 Å². The van der Waals surface area contributed by atoms with Crippen molar-refractivity contribution in [1.29, 1.82) is 0 Å². The molecule has 1 aromatic rings. The number of carbonyl (C=O) groups excluding carboxylic acids is 1. The molecule has 0 unspecified atom stereocenters. The van der Waals surface area contributed by atoms with Gasteiger partial charge < -0.3 is 14.8 Å². The highest BCUT2D eigenvalue weighted by atomic mass is 32.2. The molecule has 7 nitrogen and oxygen atoms in total. The van der Waals surface area contributed by atoms with Crippen LogP contribution >= 0.6 is 0 Å². The molecule has 0 aliphatic carbocycles. The zero-order valence-electron chi connectivity index (χ0n) is 15.1. The van der Waals surface area contributed by atoms with E-state index in [1.54, 1.807) is 0 Å². The number of hydrogen-bond acceptors (Lipinski definition) is 5. The Morgan fingerprint density at radius 2 is 1.88 bits per heavy atom. The first-order valence-corrected chi connectivity index (χ1v) is 9.90. The summed E-state index contributed by atoms with van der Waals surface area (Å²) in [7, 11) is -3.52. The second-order valence-corrected chi connectivity index (χ2v) is 7.67. The number of hydrogen-bond donors (Lipinski definition) is 2. The minimum absolute atomic E-state index is 0.119. The predicted molar refractivity (Wildman–Crippen MR) is 96.1 cm³/mol. The quantitative estimate of drug-likeness (QED) is 0.543. The molecule has 0 spiro atoms. The van der Waals surface area contributed by atoms with Crippen LogP contribution in [0.15, 0.2) is 29.2 Å².